The van der Waals surface area contributed by atoms with Gasteiger partial charge >= 0.3 is 5.97 Å². The number of benzene rings is 2. The molecule has 5 heteroatoms. The molecule has 1 aliphatic rings. The highest BCUT2D eigenvalue weighted by atomic mass is 16.5. The van der Waals surface area contributed by atoms with Crippen molar-refractivity contribution >= 4 is 11.9 Å². The van der Waals surface area contributed by atoms with Crippen LogP contribution < -0.4 is 0 Å². The molecule has 0 bridgehead atoms. The van der Waals surface area contributed by atoms with E-state index in [0.29, 0.717) is 13.1 Å². The third kappa shape index (κ3) is 5.43. The molecular weight excluding hydrogens is 328 g/mol. The topological polar surface area (TPSA) is 49.9 Å². The van der Waals surface area contributed by atoms with Crippen LogP contribution in [0.1, 0.15) is 11.1 Å². The molecule has 1 fully saturated rings. The van der Waals surface area contributed by atoms with Crippen LogP contribution in [0, 0.1) is 0 Å². The van der Waals surface area contributed by atoms with Crippen LogP contribution >= 0.6 is 0 Å². The second kappa shape index (κ2) is 9.15. The first-order chi connectivity index (χ1) is 12.7. The highest BCUT2D eigenvalue weighted by Gasteiger charge is 2.22. The summed E-state index contributed by atoms with van der Waals surface area (Å²) in [7, 11) is 0. The van der Waals surface area contributed by atoms with Crippen LogP contribution in [0.2, 0.25) is 0 Å². The number of piperazine rings is 1. The van der Waals surface area contributed by atoms with Gasteiger partial charge in [-0.15, -0.1) is 0 Å². The first-order valence-electron chi connectivity index (χ1n) is 8.94. The predicted octanol–water partition coefficient (Wildman–Crippen LogP) is 2.12. The Labute approximate surface area is 154 Å². The van der Waals surface area contributed by atoms with E-state index in [1.165, 1.54) is 5.56 Å². The van der Waals surface area contributed by atoms with Gasteiger partial charge in [-0.05, 0) is 11.1 Å². The molecule has 0 atom stereocenters. The van der Waals surface area contributed by atoms with Gasteiger partial charge in [-0.25, -0.2) is 0 Å². The van der Waals surface area contributed by atoms with E-state index in [0.717, 1.165) is 25.2 Å². The van der Waals surface area contributed by atoms with Crippen LogP contribution in [0.4, 0.5) is 0 Å². The Morgan fingerprint density at radius 3 is 2.00 bits per heavy atom. The Kier molecular flexibility index (Phi) is 6.39. The summed E-state index contributed by atoms with van der Waals surface area (Å²) in [5, 5.41) is 0. The smallest absolute Gasteiger partial charge is 0.310 e. The van der Waals surface area contributed by atoms with E-state index in [-0.39, 0.29) is 24.9 Å². The van der Waals surface area contributed by atoms with Crippen molar-refractivity contribution in [1.82, 2.24) is 9.80 Å². The van der Waals surface area contributed by atoms with Gasteiger partial charge in [0.2, 0.25) is 0 Å². The highest BCUT2D eigenvalue weighted by molar-refractivity contribution is 5.81. The maximum absolute atomic E-state index is 12.3. The van der Waals surface area contributed by atoms with Gasteiger partial charge in [0, 0.05) is 32.7 Å². The van der Waals surface area contributed by atoms with E-state index in [2.05, 4.69) is 17.0 Å². The number of carbonyl (C=O) groups is 2. The molecule has 1 aliphatic heterocycles. The highest BCUT2D eigenvalue weighted by Crippen LogP contribution is 2.09. The first-order valence-corrected chi connectivity index (χ1v) is 8.94. The van der Waals surface area contributed by atoms with Gasteiger partial charge < -0.3 is 9.64 Å². The molecule has 1 amide bonds. The van der Waals surface area contributed by atoms with Crippen LogP contribution in [-0.2, 0) is 27.3 Å². The Balaban J connectivity index is 1.37. The maximum Gasteiger partial charge on any atom is 0.310 e. The van der Waals surface area contributed by atoms with E-state index in [9.17, 15) is 9.59 Å². The monoisotopic (exact) mass is 352 g/mol. The Morgan fingerprint density at radius 2 is 1.38 bits per heavy atom. The van der Waals surface area contributed by atoms with Gasteiger partial charge in [-0.2, -0.15) is 0 Å². The zero-order valence-electron chi connectivity index (χ0n) is 14.8. The summed E-state index contributed by atoms with van der Waals surface area (Å²) in [4.78, 5) is 28.2. The number of nitrogens with zero attached hydrogens (tertiary/aromatic N) is 2. The Hall–Kier alpha value is -2.66. The van der Waals surface area contributed by atoms with Crippen LogP contribution in [0.5, 0.6) is 0 Å². The number of hydrogen-bond donors (Lipinski definition) is 0. The minimum Gasteiger partial charge on any atom is -0.455 e. The van der Waals surface area contributed by atoms with Crippen LogP contribution in [0.15, 0.2) is 60.7 Å². The molecule has 0 spiro atoms. The second-order valence-electron chi connectivity index (χ2n) is 6.47. The van der Waals surface area contributed by atoms with Gasteiger partial charge in [0.15, 0.2) is 6.61 Å². The van der Waals surface area contributed by atoms with Crippen molar-refractivity contribution < 1.29 is 14.3 Å². The first kappa shape index (κ1) is 18.1. The molecule has 5 nitrogen and oxygen atoms in total. The molecule has 0 aromatic heterocycles. The normalized spacial score (nSPS) is 14.8. The summed E-state index contributed by atoms with van der Waals surface area (Å²) in [6.45, 7) is 3.72. The van der Waals surface area contributed by atoms with Crippen molar-refractivity contribution in [3.8, 4) is 0 Å². The van der Waals surface area contributed by atoms with E-state index >= 15 is 0 Å². The Bertz CT molecular complexity index is 711. The average molecular weight is 352 g/mol. The van der Waals surface area contributed by atoms with Gasteiger partial charge in [0.1, 0.15) is 0 Å². The SMILES string of the molecule is O=C(Cc1ccccc1)OCC(=O)N1CCN(Cc2ccccc2)CC1. The summed E-state index contributed by atoms with van der Waals surface area (Å²) in [6.07, 6.45) is 0.193. The standard InChI is InChI=1S/C21H24N2O3/c24-20(17-26-21(25)15-18-7-3-1-4-8-18)23-13-11-22(12-14-23)16-19-9-5-2-6-10-19/h1-10H,11-17H2. The lowest BCUT2D eigenvalue weighted by molar-refractivity contribution is -0.152. The molecule has 0 saturated carbocycles. The molecule has 0 unspecified atom stereocenters. The fourth-order valence-electron chi connectivity index (χ4n) is 3.04. The second-order valence-corrected chi connectivity index (χ2v) is 6.47. The van der Waals surface area contributed by atoms with Crippen molar-refractivity contribution in [2.45, 2.75) is 13.0 Å². The third-order valence-electron chi connectivity index (χ3n) is 4.52. The fraction of sp³-hybridized carbons (Fsp3) is 0.333. The summed E-state index contributed by atoms with van der Waals surface area (Å²) < 4.78 is 5.14. The number of esters is 1. The molecule has 2 aromatic rings. The van der Waals surface area contributed by atoms with Gasteiger partial charge in [-0.3, -0.25) is 14.5 Å². The number of ether oxygens (including phenoxy) is 1. The molecule has 3 rings (SSSR count). The minimum absolute atomic E-state index is 0.120. The summed E-state index contributed by atoms with van der Waals surface area (Å²) in [5.41, 5.74) is 2.17. The van der Waals surface area contributed by atoms with E-state index in [1.54, 1.807) is 4.90 Å². The average Bonchev–Trinajstić information content (AvgIpc) is 2.68. The third-order valence-corrected chi connectivity index (χ3v) is 4.52. The summed E-state index contributed by atoms with van der Waals surface area (Å²) in [6, 6.07) is 19.7. The van der Waals surface area contributed by atoms with Crippen molar-refractivity contribution in [3.05, 3.63) is 71.8 Å². The van der Waals surface area contributed by atoms with Crippen LogP contribution in [-0.4, -0.2) is 54.5 Å². The van der Waals surface area contributed by atoms with E-state index in [1.807, 2.05) is 48.5 Å². The minimum atomic E-state index is -0.368. The van der Waals surface area contributed by atoms with Crippen LogP contribution in [0.25, 0.3) is 0 Å². The van der Waals surface area contributed by atoms with E-state index in [4.69, 9.17) is 4.74 Å². The quantitative estimate of drug-likeness (QED) is 0.747. The number of rotatable bonds is 6. The zero-order chi connectivity index (χ0) is 18.2. The molecule has 2 aromatic carbocycles. The summed E-state index contributed by atoms with van der Waals surface area (Å²) in [5.74, 6) is -0.488. The van der Waals surface area contributed by atoms with Crippen molar-refractivity contribution in [3.63, 3.8) is 0 Å². The van der Waals surface area contributed by atoms with Gasteiger partial charge in [0.05, 0.1) is 6.42 Å². The van der Waals surface area contributed by atoms with Crippen molar-refractivity contribution in [2.75, 3.05) is 32.8 Å². The molecule has 136 valence electrons. The van der Waals surface area contributed by atoms with Gasteiger partial charge in [-0.1, -0.05) is 60.7 Å². The number of carbonyl (C=O) groups excluding carboxylic acids is 2. The summed E-state index contributed by atoms with van der Waals surface area (Å²) >= 11 is 0. The van der Waals surface area contributed by atoms with Crippen LogP contribution in [0.3, 0.4) is 0 Å². The maximum atomic E-state index is 12.3. The largest absolute Gasteiger partial charge is 0.455 e. The molecular formula is C21H24N2O3. The lowest BCUT2D eigenvalue weighted by Crippen LogP contribution is -2.49. The van der Waals surface area contributed by atoms with Crippen molar-refractivity contribution in [2.24, 2.45) is 0 Å². The molecule has 0 aliphatic carbocycles. The molecule has 1 heterocycles. The zero-order valence-corrected chi connectivity index (χ0v) is 14.8. The Morgan fingerprint density at radius 1 is 0.808 bits per heavy atom. The fourth-order valence-corrected chi connectivity index (χ4v) is 3.04. The molecule has 26 heavy (non-hydrogen) atoms. The van der Waals surface area contributed by atoms with E-state index < -0.39 is 0 Å². The number of amides is 1. The van der Waals surface area contributed by atoms with Crippen molar-refractivity contribution in [1.29, 1.82) is 0 Å². The van der Waals surface area contributed by atoms with Gasteiger partial charge in [0.25, 0.3) is 5.91 Å². The number of hydrogen-bond acceptors (Lipinski definition) is 4. The molecule has 0 radical (unpaired) electrons. The lowest BCUT2D eigenvalue weighted by Gasteiger charge is -2.34. The molecule has 1 saturated heterocycles. The predicted molar refractivity (Wildman–Crippen MR) is 99.4 cm³/mol. The molecule has 0 N–H and O–H groups in total. The lowest BCUT2D eigenvalue weighted by atomic mass is 10.2.